The van der Waals surface area contributed by atoms with Crippen molar-refractivity contribution >= 4 is 11.0 Å². The largest absolute Gasteiger partial charge is 0.454 e. The summed E-state index contributed by atoms with van der Waals surface area (Å²) in [4.78, 5) is 4.56. The van der Waals surface area contributed by atoms with Crippen molar-refractivity contribution in [3.05, 3.63) is 42.2 Å². The van der Waals surface area contributed by atoms with Crippen LogP contribution in [0.15, 0.2) is 36.4 Å². The van der Waals surface area contributed by atoms with Crippen LogP contribution in [0.2, 0.25) is 0 Å². The van der Waals surface area contributed by atoms with Crippen LogP contribution in [0.5, 0.6) is 11.5 Å². The Morgan fingerprint density at radius 1 is 1.18 bits per heavy atom. The highest BCUT2D eigenvalue weighted by Crippen LogP contribution is 2.37. The molecular formula is C16H10FN3O2. The SMILES string of the molecule is N#CCn1c(-c2ccc(F)cc2)nc2cc3c(cc21)OCO3. The average Bonchev–Trinajstić information content (AvgIpc) is 3.11. The first kappa shape index (κ1) is 12.7. The smallest absolute Gasteiger partial charge is 0.231 e. The van der Waals surface area contributed by atoms with E-state index in [2.05, 4.69) is 11.1 Å². The zero-order chi connectivity index (χ0) is 15.1. The zero-order valence-corrected chi connectivity index (χ0v) is 11.4. The number of hydrogen-bond acceptors (Lipinski definition) is 4. The number of nitrogens with zero attached hydrogens (tertiary/aromatic N) is 3. The Morgan fingerprint density at radius 2 is 1.91 bits per heavy atom. The van der Waals surface area contributed by atoms with Gasteiger partial charge in [-0.25, -0.2) is 9.37 Å². The van der Waals surface area contributed by atoms with Crippen LogP contribution in [0, 0.1) is 17.1 Å². The fraction of sp³-hybridized carbons (Fsp3) is 0.125. The highest BCUT2D eigenvalue weighted by molar-refractivity contribution is 5.84. The predicted octanol–water partition coefficient (Wildman–Crippen LogP) is 3.09. The Morgan fingerprint density at radius 3 is 2.64 bits per heavy atom. The summed E-state index contributed by atoms with van der Waals surface area (Å²) in [6, 6.07) is 11.8. The number of benzene rings is 2. The summed E-state index contributed by atoms with van der Waals surface area (Å²) < 4.78 is 25.6. The second kappa shape index (κ2) is 4.74. The molecule has 2 heterocycles. The monoisotopic (exact) mass is 295 g/mol. The number of hydrogen-bond donors (Lipinski definition) is 0. The third-order valence-electron chi connectivity index (χ3n) is 3.57. The van der Waals surface area contributed by atoms with Gasteiger partial charge in [0.2, 0.25) is 6.79 Å². The lowest BCUT2D eigenvalue weighted by Crippen LogP contribution is -1.99. The summed E-state index contributed by atoms with van der Waals surface area (Å²) in [7, 11) is 0. The van der Waals surface area contributed by atoms with Crippen molar-refractivity contribution in [3.8, 4) is 29.0 Å². The van der Waals surface area contributed by atoms with Crippen molar-refractivity contribution in [1.29, 1.82) is 5.26 Å². The summed E-state index contributed by atoms with van der Waals surface area (Å²) in [5.41, 5.74) is 2.23. The molecule has 0 unspecified atom stereocenters. The summed E-state index contributed by atoms with van der Waals surface area (Å²) in [5, 5.41) is 9.09. The van der Waals surface area contributed by atoms with E-state index < -0.39 is 0 Å². The lowest BCUT2D eigenvalue weighted by Gasteiger charge is -2.05. The Balaban J connectivity index is 1.96. The van der Waals surface area contributed by atoms with Gasteiger partial charge in [0, 0.05) is 17.7 Å². The van der Waals surface area contributed by atoms with Gasteiger partial charge >= 0.3 is 0 Å². The molecule has 0 aliphatic carbocycles. The molecule has 108 valence electrons. The first-order valence-electron chi connectivity index (χ1n) is 6.69. The molecule has 22 heavy (non-hydrogen) atoms. The number of nitriles is 1. The Bertz CT molecular complexity index is 910. The van der Waals surface area contributed by atoms with Crippen LogP contribution >= 0.6 is 0 Å². The highest BCUT2D eigenvalue weighted by atomic mass is 19.1. The van der Waals surface area contributed by atoms with E-state index in [9.17, 15) is 4.39 Å². The third kappa shape index (κ3) is 1.87. The van der Waals surface area contributed by atoms with E-state index in [1.165, 1.54) is 12.1 Å². The average molecular weight is 295 g/mol. The van der Waals surface area contributed by atoms with Crippen molar-refractivity contribution in [2.75, 3.05) is 6.79 Å². The molecule has 2 aromatic carbocycles. The molecule has 0 saturated carbocycles. The molecule has 0 radical (unpaired) electrons. The Kier molecular flexibility index (Phi) is 2.73. The molecular weight excluding hydrogens is 285 g/mol. The second-order valence-electron chi connectivity index (χ2n) is 4.88. The summed E-state index contributed by atoms with van der Waals surface area (Å²) in [6.45, 7) is 0.327. The number of rotatable bonds is 2. The molecule has 1 aliphatic heterocycles. The maximum Gasteiger partial charge on any atom is 0.231 e. The molecule has 0 bridgehead atoms. The topological polar surface area (TPSA) is 60.1 Å². The molecule has 5 nitrogen and oxygen atoms in total. The molecule has 0 N–H and O–H groups in total. The number of halogens is 1. The minimum atomic E-state index is -0.313. The van der Waals surface area contributed by atoms with Crippen molar-refractivity contribution < 1.29 is 13.9 Å². The van der Waals surface area contributed by atoms with Crippen LogP contribution in [0.25, 0.3) is 22.4 Å². The van der Waals surface area contributed by atoms with Gasteiger partial charge in [0.1, 0.15) is 18.2 Å². The zero-order valence-electron chi connectivity index (χ0n) is 11.4. The van der Waals surface area contributed by atoms with Gasteiger partial charge in [-0.15, -0.1) is 0 Å². The first-order valence-corrected chi connectivity index (χ1v) is 6.69. The van der Waals surface area contributed by atoms with E-state index in [0.717, 1.165) is 11.1 Å². The van der Waals surface area contributed by atoms with E-state index in [1.807, 2.05) is 6.07 Å². The quantitative estimate of drug-likeness (QED) is 0.729. The minimum Gasteiger partial charge on any atom is -0.454 e. The molecule has 3 aromatic rings. The first-order chi connectivity index (χ1) is 10.8. The maximum absolute atomic E-state index is 13.1. The molecule has 4 rings (SSSR count). The van der Waals surface area contributed by atoms with Crippen LogP contribution in [-0.2, 0) is 6.54 Å². The molecule has 0 spiro atoms. The summed E-state index contributed by atoms with van der Waals surface area (Å²) in [5.74, 6) is 1.57. The fourth-order valence-corrected chi connectivity index (χ4v) is 2.56. The van der Waals surface area contributed by atoms with Crippen LogP contribution in [0.4, 0.5) is 4.39 Å². The normalized spacial score (nSPS) is 12.5. The Labute approximate surface area is 125 Å². The van der Waals surface area contributed by atoms with Gasteiger partial charge in [0.15, 0.2) is 11.5 Å². The van der Waals surface area contributed by atoms with E-state index in [-0.39, 0.29) is 19.2 Å². The van der Waals surface area contributed by atoms with E-state index >= 15 is 0 Å². The van der Waals surface area contributed by atoms with E-state index in [0.29, 0.717) is 22.8 Å². The van der Waals surface area contributed by atoms with Gasteiger partial charge in [-0.05, 0) is 24.3 Å². The fourth-order valence-electron chi connectivity index (χ4n) is 2.56. The number of aromatic nitrogens is 2. The molecule has 6 heteroatoms. The van der Waals surface area contributed by atoms with Gasteiger partial charge in [-0.2, -0.15) is 5.26 Å². The summed E-state index contributed by atoms with van der Waals surface area (Å²) >= 11 is 0. The molecule has 0 atom stereocenters. The summed E-state index contributed by atoms with van der Waals surface area (Å²) in [6.07, 6.45) is 0. The highest BCUT2D eigenvalue weighted by Gasteiger charge is 2.19. The van der Waals surface area contributed by atoms with Crippen molar-refractivity contribution in [3.63, 3.8) is 0 Å². The molecule has 0 saturated heterocycles. The van der Waals surface area contributed by atoms with Gasteiger partial charge in [0.05, 0.1) is 17.1 Å². The van der Waals surface area contributed by atoms with E-state index in [4.69, 9.17) is 14.7 Å². The van der Waals surface area contributed by atoms with Crippen molar-refractivity contribution in [1.82, 2.24) is 9.55 Å². The van der Waals surface area contributed by atoms with Gasteiger partial charge in [-0.3, -0.25) is 0 Å². The van der Waals surface area contributed by atoms with Crippen LogP contribution in [-0.4, -0.2) is 16.3 Å². The molecule has 1 aliphatic rings. The minimum absolute atomic E-state index is 0.142. The molecule has 0 fully saturated rings. The van der Waals surface area contributed by atoms with Crippen molar-refractivity contribution in [2.24, 2.45) is 0 Å². The van der Waals surface area contributed by atoms with Crippen LogP contribution in [0.3, 0.4) is 0 Å². The van der Waals surface area contributed by atoms with Gasteiger partial charge in [0.25, 0.3) is 0 Å². The third-order valence-corrected chi connectivity index (χ3v) is 3.57. The van der Waals surface area contributed by atoms with Gasteiger partial charge < -0.3 is 14.0 Å². The second-order valence-corrected chi connectivity index (χ2v) is 4.88. The van der Waals surface area contributed by atoms with Crippen LogP contribution < -0.4 is 9.47 Å². The lowest BCUT2D eigenvalue weighted by molar-refractivity contribution is 0.174. The van der Waals surface area contributed by atoms with E-state index in [1.54, 1.807) is 22.8 Å². The predicted molar refractivity (Wildman–Crippen MR) is 76.9 cm³/mol. The Hall–Kier alpha value is -3.07. The molecule has 1 aromatic heterocycles. The number of imidazole rings is 1. The maximum atomic E-state index is 13.1. The van der Waals surface area contributed by atoms with Crippen molar-refractivity contribution in [2.45, 2.75) is 6.54 Å². The van der Waals surface area contributed by atoms with Gasteiger partial charge in [-0.1, -0.05) is 0 Å². The number of ether oxygens (including phenoxy) is 2. The standard InChI is InChI=1S/C16H10FN3O2/c17-11-3-1-10(2-4-11)16-19-12-7-14-15(22-9-21-14)8-13(12)20(16)6-5-18/h1-4,7-8H,6,9H2. The van der Waals surface area contributed by atoms with Crippen LogP contribution in [0.1, 0.15) is 0 Å². The lowest BCUT2D eigenvalue weighted by atomic mass is 10.2. The number of fused-ring (bicyclic) bond motifs is 2. The molecule has 0 amide bonds.